The van der Waals surface area contributed by atoms with Crippen molar-refractivity contribution in [3.63, 3.8) is 0 Å². The number of aldehydes is 1. The highest BCUT2D eigenvalue weighted by molar-refractivity contribution is 6.32. The number of rotatable bonds is 4. The summed E-state index contributed by atoms with van der Waals surface area (Å²) in [7, 11) is 1.28. The molecule has 0 unspecified atom stereocenters. The van der Waals surface area contributed by atoms with Crippen molar-refractivity contribution in [2.75, 3.05) is 13.7 Å². The zero-order valence-electron chi connectivity index (χ0n) is 8.03. The number of benzene rings is 1. The van der Waals surface area contributed by atoms with Gasteiger partial charge < -0.3 is 9.47 Å². The first-order valence-corrected chi connectivity index (χ1v) is 4.51. The van der Waals surface area contributed by atoms with E-state index in [0.29, 0.717) is 17.6 Å². The van der Waals surface area contributed by atoms with Crippen LogP contribution in [-0.4, -0.2) is 26.0 Å². The lowest BCUT2D eigenvalue weighted by Gasteiger charge is -2.05. The zero-order valence-corrected chi connectivity index (χ0v) is 8.78. The van der Waals surface area contributed by atoms with Gasteiger partial charge in [-0.05, 0) is 18.2 Å². The normalized spacial score (nSPS) is 9.47. The standard InChI is InChI=1S/C10H9ClO4/c1-14-10(13)7-2-3-9(8(11)6-7)15-5-4-12/h2-4,6H,5H2,1H3. The van der Waals surface area contributed by atoms with E-state index in [1.165, 1.54) is 25.3 Å². The van der Waals surface area contributed by atoms with Crippen LogP contribution in [0.1, 0.15) is 10.4 Å². The molecule has 0 atom stereocenters. The minimum absolute atomic E-state index is 0.0721. The largest absolute Gasteiger partial charge is 0.485 e. The van der Waals surface area contributed by atoms with Gasteiger partial charge >= 0.3 is 5.97 Å². The Balaban J connectivity index is 2.87. The number of hydrogen-bond acceptors (Lipinski definition) is 4. The van der Waals surface area contributed by atoms with E-state index in [4.69, 9.17) is 16.3 Å². The average molecular weight is 229 g/mol. The van der Waals surface area contributed by atoms with Gasteiger partial charge in [0.05, 0.1) is 17.7 Å². The summed E-state index contributed by atoms with van der Waals surface area (Å²) >= 11 is 5.82. The van der Waals surface area contributed by atoms with E-state index in [9.17, 15) is 9.59 Å². The van der Waals surface area contributed by atoms with Crippen molar-refractivity contribution in [2.24, 2.45) is 0 Å². The van der Waals surface area contributed by atoms with Gasteiger partial charge in [-0.3, -0.25) is 4.79 Å². The fourth-order valence-corrected chi connectivity index (χ4v) is 1.22. The van der Waals surface area contributed by atoms with Crippen molar-refractivity contribution >= 4 is 23.9 Å². The first-order valence-electron chi connectivity index (χ1n) is 4.13. The molecule has 1 rings (SSSR count). The van der Waals surface area contributed by atoms with Crippen molar-refractivity contribution in [1.29, 1.82) is 0 Å². The lowest BCUT2D eigenvalue weighted by molar-refractivity contribution is -0.109. The van der Waals surface area contributed by atoms with Gasteiger partial charge in [-0.1, -0.05) is 11.6 Å². The fraction of sp³-hybridized carbons (Fsp3) is 0.200. The smallest absolute Gasteiger partial charge is 0.337 e. The summed E-state index contributed by atoms with van der Waals surface area (Å²) in [6.07, 6.45) is 0.616. The predicted octanol–water partition coefficient (Wildman–Crippen LogP) is 1.70. The van der Waals surface area contributed by atoms with Crippen molar-refractivity contribution in [2.45, 2.75) is 0 Å². The molecule has 80 valence electrons. The molecule has 0 heterocycles. The molecular formula is C10H9ClO4. The van der Waals surface area contributed by atoms with Gasteiger partial charge in [0.2, 0.25) is 0 Å². The van der Waals surface area contributed by atoms with Crippen LogP contribution in [-0.2, 0) is 9.53 Å². The summed E-state index contributed by atoms with van der Waals surface area (Å²) in [4.78, 5) is 21.2. The summed E-state index contributed by atoms with van der Waals surface area (Å²) in [6.45, 7) is -0.0721. The summed E-state index contributed by atoms with van der Waals surface area (Å²) in [5.74, 6) is -0.116. The predicted molar refractivity (Wildman–Crippen MR) is 54.4 cm³/mol. The van der Waals surface area contributed by atoms with Gasteiger partial charge in [-0.25, -0.2) is 4.79 Å². The van der Waals surface area contributed by atoms with Gasteiger partial charge in [0, 0.05) is 0 Å². The van der Waals surface area contributed by atoms with Gasteiger partial charge in [0.15, 0.2) is 6.29 Å². The third kappa shape index (κ3) is 2.95. The van der Waals surface area contributed by atoms with E-state index in [-0.39, 0.29) is 11.6 Å². The maximum Gasteiger partial charge on any atom is 0.337 e. The third-order valence-electron chi connectivity index (χ3n) is 1.66. The number of halogens is 1. The quantitative estimate of drug-likeness (QED) is 0.582. The molecule has 1 aromatic carbocycles. The molecule has 0 saturated heterocycles. The van der Waals surface area contributed by atoms with E-state index in [1.807, 2.05) is 0 Å². The van der Waals surface area contributed by atoms with Gasteiger partial charge in [-0.2, -0.15) is 0 Å². The molecule has 0 aliphatic carbocycles. The van der Waals surface area contributed by atoms with Crippen molar-refractivity contribution in [1.82, 2.24) is 0 Å². The number of ether oxygens (including phenoxy) is 2. The highest BCUT2D eigenvalue weighted by Crippen LogP contribution is 2.25. The molecule has 0 spiro atoms. The highest BCUT2D eigenvalue weighted by atomic mass is 35.5. The molecule has 0 aliphatic heterocycles. The second kappa shape index (κ2) is 5.36. The van der Waals surface area contributed by atoms with Crippen LogP contribution in [0.5, 0.6) is 5.75 Å². The molecule has 15 heavy (non-hydrogen) atoms. The lowest BCUT2D eigenvalue weighted by atomic mass is 10.2. The summed E-state index contributed by atoms with van der Waals surface area (Å²) in [6, 6.07) is 4.45. The second-order valence-corrected chi connectivity index (χ2v) is 3.02. The van der Waals surface area contributed by atoms with Crippen LogP contribution < -0.4 is 4.74 Å². The molecule has 0 saturated carbocycles. The highest BCUT2D eigenvalue weighted by Gasteiger charge is 2.08. The molecule has 4 nitrogen and oxygen atoms in total. The fourth-order valence-electron chi connectivity index (χ4n) is 0.987. The number of carbonyl (C=O) groups is 2. The van der Waals surface area contributed by atoms with Gasteiger partial charge in [0.25, 0.3) is 0 Å². The van der Waals surface area contributed by atoms with Crippen molar-refractivity contribution in [3.05, 3.63) is 28.8 Å². The Hall–Kier alpha value is -1.55. The number of hydrogen-bond donors (Lipinski definition) is 0. The average Bonchev–Trinajstić information content (AvgIpc) is 2.26. The number of methoxy groups -OCH3 is 1. The van der Waals surface area contributed by atoms with Crippen LogP contribution in [0.3, 0.4) is 0 Å². The van der Waals surface area contributed by atoms with E-state index >= 15 is 0 Å². The second-order valence-electron chi connectivity index (χ2n) is 2.61. The molecule has 0 fully saturated rings. The zero-order chi connectivity index (χ0) is 11.3. The maximum absolute atomic E-state index is 11.1. The molecule has 0 aromatic heterocycles. The summed E-state index contributed by atoms with van der Waals surface area (Å²) in [5.41, 5.74) is 0.334. The number of esters is 1. The summed E-state index contributed by atoms with van der Waals surface area (Å²) < 4.78 is 9.52. The third-order valence-corrected chi connectivity index (χ3v) is 1.96. The minimum atomic E-state index is -0.473. The molecule has 1 aromatic rings. The van der Waals surface area contributed by atoms with Crippen LogP contribution in [0, 0.1) is 0 Å². The molecular weight excluding hydrogens is 220 g/mol. The van der Waals surface area contributed by atoms with Crippen LogP contribution in [0.15, 0.2) is 18.2 Å². The van der Waals surface area contributed by atoms with E-state index in [0.717, 1.165) is 0 Å². The molecule has 5 heteroatoms. The van der Waals surface area contributed by atoms with Gasteiger partial charge in [0.1, 0.15) is 12.4 Å². The van der Waals surface area contributed by atoms with E-state index in [1.54, 1.807) is 0 Å². The number of carbonyl (C=O) groups excluding carboxylic acids is 2. The summed E-state index contributed by atoms with van der Waals surface area (Å²) in [5, 5.41) is 0.264. The Bertz CT molecular complexity index is 376. The van der Waals surface area contributed by atoms with Crippen molar-refractivity contribution in [3.8, 4) is 5.75 Å². The molecule has 0 amide bonds. The first kappa shape index (κ1) is 11.5. The van der Waals surface area contributed by atoms with Crippen LogP contribution in [0.2, 0.25) is 5.02 Å². The van der Waals surface area contributed by atoms with E-state index in [2.05, 4.69) is 4.74 Å². The maximum atomic E-state index is 11.1. The molecule has 0 aliphatic rings. The Kier molecular flexibility index (Phi) is 4.12. The molecule has 0 N–H and O–H groups in total. The molecule has 0 radical (unpaired) electrons. The van der Waals surface area contributed by atoms with Crippen LogP contribution in [0.4, 0.5) is 0 Å². The van der Waals surface area contributed by atoms with Crippen LogP contribution >= 0.6 is 11.6 Å². The monoisotopic (exact) mass is 228 g/mol. The van der Waals surface area contributed by atoms with E-state index < -0.39 is 5.97 Å². The Morgan fingerprint density at radius 3 is 2.80 bits per heavy atom. The Morgan fingerprint density at radius 2 is 2.27 bits per heavy atom. The SMILES string of the molecule is COC(=O)c1ccc(OCC=O)c(Cl)c1. The Morgan fingerprint density at radius 1 is 1.53 bits per heavy atom. The first-order chi connectivity index (χ1) is 7.19. The Labute approximate surface area is 91.7 Å². The van der Waals surface area contributed by atoms with Crippen LogP contribution in [0.25, 0.3) is 0 Å². The lowest BCUT2D eigenvalue weighted by Crippen LogP contribution is -2.02. The topological polar surface area (TPSA) is 52.6 Å². The van der Waals surface area contributed by atoms with Crippen molar-refractivity contribution < 1.29 is 19.1 Å². The molecule has 0 bridgehead atoms. The van der Waals surface area contributed by atoms with Gasteiger partial charge in [-0.15, -0.1) is 0 Å². The minimum Gasteiger partial charge on any atom is -0.485 e.